The maximum Gasteiger partial charge on any atom is 0.251 e. The lowest BCUT2D eigenvalue weighted by Crippen LogP contribution is -2.16. The van der Waals surface area contributed by atoms with E-state index in [-0.39, 0.29) is 11.2 Å². The van der Waals surface area contributed by atoms with Crippen LogP contribution >= 0.6 is 11.8 Å². The van der Waals surface area contributed by atoms with Crippen LogP contribution in [0.1, 0.15) is 16.2 Å². The molecule has 0 amide bonds. The van der Waals surface area contributed by atoms with Gasteiger partial charge in [0.25, 0.3) is 5.91 Å². The van der Waals surface area contributed by atoms with Gasteiger partial charge in [0.1, 0.15) is 11.1 Å². The van der Waals surface area contributed by atoms with E-state index >= 15 is 0 Å². The first-order chi connectivity index (χ1) is 10.1. The Bertz CT molecular complexity index is 703. The van der Waals surface area contributed by atoms with Crippen molar-refractivity contribution >= 4 is 29.4 Å². The van der Waals surface area contributed by atoms with E-state index < -0.39 is 0 Å². The lowest BCUT2D eigenvalue weighted by atomic mass is 10.1. The third-order valence-corrected chi connectivity index (χ3v) is 4.45. The van der Waals surface area contributed by atoms with E-state index in [9.17, 15) is 4.79 Å². The lowest BCUT2D eigenvalue weighted by Gasteiger charge is -2.11. The number of carbonyl (C=O) groups is 1. The van der Waals surface area contributed by atoms with Crippen LogP contribution in [-0.2, 0) is 0 Å². The minimum Gasteiger partial charge on any atom is -0.378 e. The third kappa shape index (κ3) is 2.58. The second-order valence-corrected chi connectivity index (χ2v) is 6.20. The predicted molar refractivity (Wildman–Crippen MR) is 84.8 cm³/mol. The van der Waals surface area contributed by atoms with Crippen molar-refractivity contribution in [3.05, 3.63) is 41.7 Å². The molecule has 0 bridgehead atoms. The Kier molecular flexibility index (Phi) is 3.55. The molecule has 21 heavy (non-hydrogen) atoms. The SMILES string of the molecule is Cc1nnc2n1C(=O)C(/C=C\c1ccc(N(C)C)cc1)S2. The number of rotatable bonds is 3. The predicted octanol–water partition coefficient (Wildman–Crippen LogP) is 2.48. The van der Waals surface area contributed by atoms with Gasteiger partial charge in [-0.1, -0.05) is 36.0 Å². The van der Waals surface area contributed by atoms with Gasteiger partial charge in [0.2, 0.25) is 0 Å². The van der Waals surface area contributed by atoms with Crippen molar-refractivity contribution in [2.45, 2.75) is 17.3 Å². The maximum absolute atomic E-state index is 12.2. The molecule has 0 fully saturated rings. The quantitative estimate of drug-likeness (QED) is 0.871. The zero-order chi connectivity index (χ0) is 15.0. The van der Waals surface area contributed by atoms with Gasteiger partial charge in [0.05, 0.1) is 0 Å². The first kappa shape index (κ1) is 13.9. The highest BCUT2D eigenvalue weighted by atomic mass is 32.2. The van der Waals surface area contributed by atoms with Gasteiger partial charge >= 0.3 is 0 Å². The Labute approximate surface area is 127 Å². The summed E-state index contributed by atoms with van der Waals surface area (Å²) in [5.41, 5.74) is 2.23. The van der Waals surface area contributed by atoms with Crippen LogP contribution < -0.4 is 4.90 Å². The third-order valence-electron chi connectivity index (χ3n) is 3.36. The van der Waals surface area contributed by atoms with Crippen LogP contribution in [0.5, 0.6) is 0 Å². The van der Waals surface area contributed by atoms with E-state index in [4.69, 9.17) is 0 Å². The van der Waals surface area contributed by atoms with Gasteiger partial charge in [0.15, 0.2) is 5.16 Å². The lowest BCUT2D eigenvalue weighted by molar-refractivity contribution is 0.0919. The maximum atomic E-state index is 12.2. The zero-order valence-electron chi connectivity index (χ0n) is 12.1. The molecule has 1 aliphatic rings. The highest BCUT2D eigenvalue weighted by Crippen LogP contribution is 2.32. The van der Waals surface area contributed by atoms with E-state index in [0.717, 1.165) is 11.3 Å². The molecule has 1 atom stereocenters. The molecule has 6 heteroatoms. The molecule has 0 N–H and O–H groups in total. The van der Waals surface area contributed by atoms with Gasteiger partial charge in [-0.05, 0) is 24.6 Å². The number of hydrogen-bond acceptors (Lipinski definition) is 5. The normalized spacial score (nSPS) is 17.5. The number of hydrogen-bond donors (Lipinski definition) is 0. The summed E-state index contributed by atoms with van der Waals surface area (Å²) < 4.78 is 1.58. The van der Waals surface area contributed by atoms with Crippen molar-refractivity contribution in [1.82, 2.24) is 14.8 Å². The summed E-state index contributed by atoms with van der Waals surface area (Å²) in [6, 6.07) is 8.20. The van der Waals surface area contributed by atoms with Crippen LogP contribution in [0.15, 0.2) is 35.5 Å². The van der Waals surface area contributed by atoms with E-state index in [1.54, 1.807) is 11.5 Å². The van der Waals surface area contributed by atoms with Crippen molar-refractivity contribution < 1.29 is 4.79 Å². The topological polar surface area (TPSA) is 51.0 Å². The molecule has 0 saturated carbocycles. The number of nitrogens with zero attached hydrogens (tertiary/aromatic N) is 4. The molecule has 2 heterocycles. The van der Waals surface area contributed by atoms with Crippen LogP contribution in [-0.4, -0.2) is 40.0 Å². The molecule has 3 rings (SSSR count). The largest absolute Gasteiger partial charge is 0.378 e. The first-order valence-electron chi connectivity index (χ1n) is 6.65. The Balaban J connectivity index is 1.74. The standard InChI is InChI=1S/C15H16N4OS/c1-10-16-17-15-19(10)14(20)13(21-15)9-6-11-4-7-12(8-5-11)18(2)3/h4-9,13H,1-3H3/b9-6-. The number of anilines is 1. The average molecular weight is 300 g/mol. The minimum atomic E-state index is -0.220. The molecule has 1 unspecified atom stereocenters. The van der Waals surface area contributed by atoms with Crippen LogP contribution in [0.25, 0.3) is 6.08 Å². The highest BCUT2D eigenvalue weighted by molar-refractivity contribution is 8.01. The Hall–Kier alpha value is -2.08. The van der Waals surface area contributed by atoms with Gasteiger partial charge in [-0.3, -0.25) is 4.79 Å². The number of fused-ring (bicyclic) bond motifs is 1. The number of benzene rings is 1. The summed E-state index contributed by atoms with van der Waals surface area (Å²) >= 11 is 1.44. The number of aromatic nitrogens is 3. The summed E-state index contributed by atoms with van der Waals surface area (Å²) in [4.78, 5) is 14.3. The number of carbonyl (C=O) groups excluding carboxylic acids is 1. The van der Waals surface area contributed by atoms with Crippen molar-refractivity contribution in [3.63, 3.8) is 0 Å². The second-order valence-electron chi connectivity index (χ2n) is 5.09. The molecule has 0 radical (unpaired) electrons. The van der Waals surface area contributed by atoms with Gasteiger partial charge in [0, 0.05) is 19.8 Å². The average Bonchev–Trinajstić information content (AvgIpc) is 2.98. The second kappa shape index (κ2) is 5.37. The minimum absolute atomic E-state index is 0.0265. The summed E-state index contributed by atoms with van der Waals surface area (Å²) in [6.45, 7) is 1.79. The molecule has 1 aromatic carbocycles. The smallest absolute Gasteiger partial charge is 0.251 e. The molecular weight excluding hydrogens is 284 g/mol. The van der Waals surface area contributed by atoms with Gasteiger partial charge in [-0.25, -0.2) is 4.57 Å². The molecule has 0 spiro atoms. The first-order valence-corrected chi connectivity index (χ1v) is 7.53. The van der Waals surface area contributed by atoms with Crippen LogP contribution in [0.4, 0.5) is 5.69 Å². The Morgan fingerprint density at radius 2 is 1.95 bits per heavy atom. The fraction of sp³-hybridized carbons (Fsp3) is 0.267. The molecule has 0 saturated heterocycles. The molecule has 1 aliphatic heterocycles. The van der Waals surface area contributed by atoms with Gasteiger partial charge in [-0.2, -0.15) is 0 Å². The monoisotopic (exact) mass is 300 g/mol. The molecule has 1 aromatic heterocycles. The van der Waals surface area contributed by atoms with Crippen molar-refractivity contribution in [2.75, 3.05) is 19.0 Å². The number of thioether (sulfide) groups is 1. The fourth-order valence-corrected chi connectivity index (χ4v) is 3.17. The van der Waals surface area contributed by atoms with Crippen LogP contribution in [0, 0.1) is 6.92 Å². The van der Waals surface area contributed by atoms with Crippen molar-refractivity contribution in [2.24, 2.45) is 0 Å². The van der Waals surface area contributed by atoms with E-state index in [1.165, 1.54) is 11.8 Å². The summed E-state index contributed by atoms with van der Waals surface area (Å²) in [5, 5.41) is 8.37. The summed E-state index contributed by atoms with van der Waals surface area (Å²) in [5.74, 6) is 0.674. The van der Waals surface area contributed by atoms with Gasteiger partial charge in [-0.15, -0.1) is 10.2 Å². The molecule has 0 aliphatic carbocycles. The van der Waals surface area contributed by atoms with Crippen molar-refractivity contribution in [1.29, 1.82) is 0 Å². The van der Waals surface area contributed by atoms with Crippen LogP contribution in [0.3, 0.4) is 0 Å². The fourth-order valence-electron chi connectivity index (χ4n) is 2.17. The molecular formula is C15H16N4OS. The molecule has 5 nitrogen and oxygen atoms in total. The Morgan fingerprint density at radius 1 is 1.24 bits per heavy atom. The molecule has 108 valence electrons. The van der Waals surface area contributed by atoms with E-state index in [1.807, 2.05) is 38.4 Å². The van der Waals surface area contributed by atoms with E-state index in [2.05, 4.69) is 27.2 Å². The molecule has 2 aromatic rings. The summed E-state index contributed by atoms with van der Waals surface area (Å²) in [6.07, 6.45) is 3.90. The highest BCUT2D eigenvalue weighted by Gasteiger charge is 2.32. The summed E-state index contributed by atoms with van der Waals surface area (Å²) in [7, 11) is 4.02. The Morgan fingerprint density at radius 3 is 2.57 bits per heavy atom. The van der Waals surface area contributed by atoms with E-state index in [0.29, 0.717) is 11.0 Å². The van der Waals surface area contributed by atoms with Gasteiger partial charge < -0.3 is 4.90 Å². The number of aryl methyl sites for hydroxylation is 1. The van der Waals surface area contributed by atoms with Crippen molar-refractivity contribution in [3.8, 4) is 0 Å². The zero-order valence-corrected chi connectivity index (χ0v) is 13.0. The van der Waals surface area contributed by atoms with Crippen LogP contribution in [0.2, 0.25) is 0 Å².